The lowest BCUT2D eigenvalue weighted by molar-refractivity contribution is -0.115. The van der Waals surface area contributed by atoms with E-state index in [4.69, 9.17) is 0 Å². The lowest BCUT2D eigenvalue weighted by atomic mass is 10.6. The second-order valence-corrected chi connectivity index (χ2v) is 3.94. The molecule has 0 radical (unpaired) electrons. The normalized spacial score (nSPS) is 17.8. The molecule has 3 nitrogen and oxygen atoms in total. The second-order valence-electron chi connectivity index (χ2n) is 2.11. The standard InChI is InChI=1S/C6H6N2OS2/c9-5-3-10-4-8(5)6-7-1-2-11-6/h1-2H,3-4H2. The van der Waals surface area contributed by atoms with Gasteiger partial charge in [0.1, 0.15) is 0 Å². The van der Waals surface area contributed by atoms with Gasteiger partial charge in [0.2, 0.25) is 5.91 Å². The third kappa shape index (κ3) is 1.25. The molecule has 5 heteroatoms. The molecule has 1 aliphatic rings. The summed E-state index contributed by atoms with van der Waals surface area (Å²) in [6, 6.07) is 0. The van der Waals surface area contributed by atoms with Crippen LogP contribution in [0.4, 0.5) is 5.13 Å². The summed E-state index contributed by atoms with van der Waals surface area (Å²) in [6.07, 6.45) is 1.72. The SMILES string of the molecule is O=C1CSCN1c1nccs1. The quantitative estimate of drug-likeness (QED) is 0.660. The van der Waals surface area contributed by atoms with Gasteiger partial charge in [-0.15, -0.1) is 23.1 Å². The summed E-state index contributed by atoms with van der Waals surface area (Å²) in [4.78, 5) is 16.9. The van der Waals surface area contributed by atoms with Crippen LogP contribution < -0.4 is 4.90 Å². The van der Waals surface area contributed by atoms with Gasteiger partial charge < -0.3 is 0 Å². The average molecular weight is 186 g/mol. The Hall–Kier alpha value is -0.550. The van der Waals surface area contributed by atoms with Gasteiger partial charge in [-0.25, -0.2) is 4.98 Å². The molecule has 1 aromatic rings. The van der Waals surface area contributed by atoms with E-state index in [-0.39, 0.29) is 5.91 Å². The van der Waals surface area contributed by atoms with Crippen molar-refractivity contribution in [2.24, 2.45) is 0 Å². The third-order valence-corrected chi connectivity index (χ3v) is 3.08. The van der Waals surface area contributed by atoms with E-state index in [1.807, 2.05) is 5.38 Å². The largest absolute Gasteiger partial charge is 0.277 e. The molecule has 0 aliphatic carbocycles. The highest BCUT2D eigenvalue weighted by molar-refractivity contribution is 8.00. The average Bonchev–Trinajstić information content (AvgIpc) is 2.55. The minimum atomic E-state index is 0.171. The third-order valence-electron chi connectivity index (χ3n) is 1.40. The predicted molar refractivity (Wildman–Crippen MR) is 46.9 cm³/mol. The maximum atomic E-state index is 11.1. The maximum absolute atomic E-state index is 11.1. The van der Waals surface area contributed by atoms with Gasteiger partial charge in [0.15, 0.2) is 5.13 Å². The molecule has 0 bridgehead atoms. The zero-order valence-electron chi connectivity index (χ0n) is 5.69. The number of rotatable bonds is 1. The Balaban J connectivity index is 2.23. The van der Waals surface area contributed by atoms with Gasteiger partial charge in [0.25, 0.3) is 0 Å². The molecule has 0 atom stereocenters. The van der Waals surface area contributed by atoms with Crippen molar-refractivity contribution in [2.75, 3.05) is 16.5 Å². The molecule has 58 valence electrons. The molecule has 0 aromatic carbocycles. The molecule has 0 unspecified atom stereocenters. The van der Waals surface area contributed by atoms with Crippen LogP contribution in [0.2, 0.25) is 0 Å². The Kier molecular flexibility index (Phi) is 1.83. The van der Waals surface area contributed by atoms with Crippen LogP contribution in [0.5, 0.6) is 0 Å². The lowest BCUT2D eigenvalue weighted by Crippen LogP contribution is -2.24. The van der Waals surface area contributed by atoms with Crippen molar-refractivity contribution in [3.05, 3.63) is 11.6 Å². The van der Waals surface area contributed by atoms with E-state index >= 15 is 0 Å². The molecular formula is C6H6N2OS2. The maximum Gasteiger partial charge on any atom is 0.239 e. The first-order chi connectivity index (χ1) is 5.38. The summed E-state index contributed by atoms with van der Waals surface area (Å²) in [7, 11) is 0. The van der Waals surface area contributed by atoms with Crippen molar-refractivity contribution in [3.8, 4) is 0 Å². The number of carbonyl (C=O) groups is 1. The lowest BCUT2D eigenvalue weighted by Gasteiger charge is -2.08. The molecule has 0 spiro atoms. The highest BCUT2D eigenvalue weighted by Crippen LogP contribution is 2.24. The minimum Gasteiger partial charge on any atom is -0.277 e. The first-order valence-electron chi connectivity index (χ1n) is 3.15. The fourth-order valence-electron chi connectivity index (χ4n) is 0.885. The molecule has 0 saturated carbocycles. The monoisotopic (exact) mass is 186 g/mol. The molecule has 11 heavy (non-hydrogen) atoms. The van der Waals surface area contributed by atoms with Gasteiger partial charge in [0, 0.05) is 11.6 Å². The van der Waals surface area contributed by atoms with Crippen molar-refractivity contribution in [1.29, 1.82) is 0 Å². The molecular weight excluding hydrogens is 180 g/mol. The van der Waals surface area contributed by atoms with E-state index in [1.54, 1.807) is 22.9 Å². The van der Waals surface area contributed by atoms with Crippen molar-refractivity contribution >= 4 is 34.1 Å². The predicted octanol–water partition coefficient (Wildman–Crippen LogP) is 1.18. The van der Waals surface area contributed by atoms with Gasteiger partial charge in [-0.1, -0.05) is 0 Å². The zero-order chi connectivity index (χ0) is 7.68. The van der Waals surface area contributed by atoms with Gasteiger partial charge in [-0.2, -0.15) is 0 Å². The molecule has 1 saturated heterocycles. The van der Waals surface area contributed by atoms with Crippen LogP contribution in [0.3, 0.4) is 0 Å². The molecule has 1 amide bonds. The Morgan fingerprint density at radius 1 is 1.64 bits per heavy atom. The Labute approximate surface area is 72.4 Å². The number of anilines is 1. The van der Waals surface area contributed by atoms with Crippen LogP contribution in [-0.4, -0.2) is 22.5 Å². The van der Waals surface area contributed by atoms with E-state index in [0.29, 0.717) is 5.75 Å². The highest BCUT2D eigenvalue weighted by Gasteiger charge is 2.23. The molecule has 2 rings (SSSR count). The van der Waals surface area contributed by atoms with Gasteiger partial charge in [0.05, 0.1) is 11.6 Å². The van der Waals surface area contributed by atoms with Crippen molar-refractivity contribution in [2.45, 2.75) is 0 Å². The van der Waals surface area contributed by atoms with E-state index in [1.165, 1.54) is 11.3 Å². The molecule has 1 fully saturated rings. The summed E-state index contributed by atoms with van der Waals surface area (Å²) in [5.41, 5.74) is 0. The van der Waals surface area contributed by atoms with E-state index < -0.39 is 0 Å². The molecule has 1 aliphatic heterocycles. The van der Waals surface area contributed by atoms with Gasteiger partial charge in [-0.05, 0) is 0 Å². The van der Waals surface area contributed by atoms with Crippen LogP contribution in [0.25, 0.3) is 0 Å². The van der Waals surface area contributed by atoms with Crippen LogP contribution in [-0.2, 0) is 4.79 Å². The van der Waals surface area contributed by atoms with Crippen molar-refractivity contribution in [3.63, 3.8) is 0 Å². The number of aromatic nitrogens is 1. The van der Waals surface area contributed by atoms with Crippen LogP contribution >= 0.6 is 23.1 Å². The van der Waals surface area contributed by atoms with Crippen molar-refractivity contribution in [1.82, 2.24) is 4.98 Å². The first-order valence-corrected chi connectivity index (χ1v) is 5.19. The van der Waals surface area contributed by atoms with Crippen LogP contribution in [0, 0.1) is 0 Å². The zero-order valence-corrected chi connectivity index (χ0v) is 7.32. The fourth-order valence-corrected chi connectivity index (χ4v) is 2.50. The van der Waals surface area contributed by atoms with E-state index in [2.05, 4.69) is 4.98 Å². The smallest absolute Gasteiger partial charge is 0.239 e. The number of carbonyl (C=O) groups excluding carboxylic acids is 1. The number of hydrogen-bond acceptors (Lipinski definition) is 4. The Morgan fingerprint density at radius 3 is 3.09 bits per heavy atom. The number of amides is 1. The van der Waals surface area contributed by atoms with E-state index in [9.17, 15) is 4.79 Å². The summed E-state index contributed by atoms with van der Waals surface area (Å²) < 4.78 is 0. The summed E-state index contributed by atoms with van der Waals surface area (Å²) in [5.74, 6) is 1.52. The van der Waals surface area contributed by atoms with Crippen molar-refractivity contribution < 1.29 is 4.79 Å². The Bertz CT molecular complexity index is 260. The first kappa shape index (κ1) is 7.12. The summed E-state index contributed by atoms with van der Waals surface area (Å²) in [6.45, 7) is 0. The molecule has 0 N–H and O–H groups in total. The molecule has 1 aromatic heterocycles. The number of thiazole rings is 1. The highest BCUT2D eigenvalue weighted by atomic mass is 32.2. The second kappa shape index (κ2) is 2.83. The van der Waals surface area contributed by atoms with E-state index in [0.717, 1.165) is 11.0 Å². The number of hydrogen-bond donors (Lipinski definition) is 0. The topological polar surface area (TPSA) is 33.2 Å². The minimum absolute atomic E-state index is 0.171. The number of thioether (sulfide) groups is 1. The summed E-state index contributed by atoms with van der Waals surface area (Å²) in [5, 5.41) is 2.70. The van der Waals surface area contributed by atoms with Gasteiger partial charge >= 0.3 is 0 Å². The van der Waals surface area contributed by atoms with Gasteiger partial charge in [-0.3, -0.25) is 9.69 Å². The Morgan fingerprint density at radius 2 is 2.55 bits per heavy atom. The van der Waals surface area contributed by atoms with Crippen LogP contribution in [0.15, 0.2) is 11.6 Å². The summed E-state index contributed by atoms with van der Waals surface area (Å²) >= 11 is 3.14. The van der Waals surface area contributed by atoms with Crippen LogP contribution in [0.1, 0.15) is 0 Å². The molecule has 2 heterocycles. The fraction of sp³-hybridized carbons (Fsp3) is 0.333. The number of nitrogens with zero attached hydrogens (tertiary/aromatic N) is 2.